The lowest BCUT2D eigenvalue weighted by atomic mass is 10.1. The second-order valence-corrected chi connectivity index (χ2v) is 7.03. The quantitative estimate of drug-likeness (QED) is 0.356. The minimum absolute atomic E-state index is 0.108. The van der Waals surface area contributed by atoms with E-state index in [2.05, 4.69) is 5.32 Å². The maximum atomic E-state index is 12.5. The standard InChI is InChI=1S/C23H23ClN2O5/c1-5-30-23(28)16-6-8-18(9-7-16)26-22(27)17(13-25)10-15-11-19(24)21(31-14(2)3)20(12-15)29-4/h6-12,14H,5H2,1-4H3,(H,26,27)/b17-10+. The molecule has 2 rings (SSSR count). The first kappa shape index (κ1) is 23.8. The van der Waals surface area contributed by atoms with Gasteiger partial charge < -0.3 is 19.5 Å². The SMILES string of the molecule is CCOC(=O)c1ccc(NC(=O)/C(C#N)=C/c2cc(Cl)c(OC(C)C)c(OC)c2)cc1. The number of anilines is 1. The molecule has 0 radical (unpaired) electrons. The number of benzene rings is 2. The van der Waals surface area contributed by atoms with Gasteiger partial charge in [0.15, 0.2) is 11.5 Å². The number of methoxy groups -OCH3 is 1. The van der Waals surface area contributed by atoms with E-state index >= 15 is 0 Å². The fourth-order valence-corrected chi connectivity index (χ4v) is 2.85. The van der Waals surface area contributed by atoms with Crippen molar-refractivity contribution in [3.8, 4) is 17.6 Å². The predicted octanol–water partition coefficient (Wildman–Crippen LogP) is 4.86. The van der Waals surface area contributed by atoms with Gasteiger partial charge in [-0.25, -0.2) is 4.79 Å². The van der Waals surface area contributed by atoms with E-state index in [-0.39, 0.29) is 18.3 Å². The van der Waals surface area contributed by atoms with Crippen LogP contribution in [0.1, 0.15) is 36.7 Å². The first-order valence-electron chi connectivity index (χ1n) is 9.53. The maximum absolute atomic E-state index is 12.5. The van der Waals surface area contributed by atoms with Crippen molar-refractivity contribution in [1.82, 2.24) is 0 Å². The molecular weight excluding hydrogens is 420 g/mol. The van der Waals surface area contributed by atoms with Gasteiger partial charge in [0.25, 0.3) is 5.91 Å². The largest absolute Gasteiger partial charge is 0.493 e. The normalized spacial score (nSPS) is 10.9. The molecule has 8 heteroatoms. The summed E-state index contributed by atoms with van der Waals surface area (Å²) in [6, 6.07) is 11.3. The molecule has 0 aliphatic rings. The van der Waals surface area contributed by atoms with Crippen molar-refractivity contribution in [2.24, 2.45) is 0 Å². The van der Waals surface area contributed by atoms with Crippen LogP contribution in [0.15, 0.2) is 42.0 Å². The smallest absolute Gasteiger partial charge is 0.338 e. The highest BCUT2D eigenvalue weighted by atomic mass is 35.5. The molecule has 0 aliphatic carbocycles. The van der Waals surface area contributed by atoms with Gasteiger partial charge in [0.05, 0.1) is 30.4 Å². The van der Waals surface area contributed by atoms with E-state index < -0.39 is 11.9 Å². The van der Waals surface area contributed by atoms with Crippen LogP contribution < -0.4 is 14.8 Å². The lowest BCUT2D eigenvalue weighted by molar-refractivity contribution is -0.112. The molecule has 0 heterocycles. The van der Waals surface area contributed by atoms with E-state index in [1.807, 2.05) is 19.9 Å². The highest BCUT2D eigenvalue weighted by Crippen LogP contribution is 2.37. The Labute approximate surface area is 186 Å². The Morgan fingerprint density at radius 2 is 1.90 bits per heavy atom. The molecule has 0 aliphatic heterocycles. The number of rotatable bonds is 8. The first-order chi connectivity index (χ1) is 14.8. The Kier molecular flexibility index (Phi) is 8.47. The molecule has 0 unspecified atom stereocenters. The van der Waals surface area contributed by atoms with Gasteiger partial charge in [-0.05, 0) is 68.8 Å². The average molecular weight is 443 g/mol. The number of nitrogens with zero attached hydrogens (tertiary/aromatic N) is 1. The van der Waals surface area contributed by atoms with E-state index in [0.29, 0.717) is 33.3 Å². The highest BCUT2D eigenvalue weighted by molar-refractivity contribution is 6.32. The molecule has 31 heavy (non-hydrogen) atoms. The summed E-state index contributed by atoms with van der Waals surface area (Å²) < 4.78 is 15.9. The second-order valence-electron chi connectivity index (χ2n) is 6.62. The number of carbonyl (C=O) groups excluding carboxylic acids is 2. The van der Waals surface area contributed by atoms with Crippen LogP contribution in [0.5, 0.6) is 11.5 Å². The van der Waals surface area contributed by atoms with Crippen molar-refractivity contribution in [2.45, 2.75) is 26.9 Å². The number of nitrogens with one attached hydrogen (secondary N) is 1. The summed E-state index contributed by atoms with van der Waals surface area (Å²) in [5.41, 5.74) is 1.16. The molecule has 2 aromatic rings. The highest BCUT2D eigenvalue weighted by Gasteiger charge is 2.15. The zero-order valence-electron chi connectivity index (χ0n) is 17.7. The zero-order valence-corrected chi connectivity index (χ0v) is 18.4. The lowest BCUT2D eigenvalue weighted by Gasteiger charge is -2.15. The van der Waals surface area contributed by atoms with E-state index in [0.717, 1.165) is 0 Å². The average Bonchev–Trinajstić information content (AvgIpc) is 2.73. The molecule has 0 aromatic heterocycles. The van der Waals surface area contributed by atoms with Gasteiger partial charge in [-0.15, -0.1) is 0 Å². The minimum atomic E-state index is -0.607. The van der Waals surface area contributed by atoms with Gasteiger partial charge in [0.1, 0.15) is 11.6 Å². The Morgan fingerprint density at radius 1 is 1.23 bits per heavy atom. The molecule has 162 valence electrons. The molecule has 0 saturated carbocycles. The van der Waals surface area contributed by atoms with Crippen molar-refractivity contribution in [3.05, 3.63) is 58.1 Å². The molecule has 7 nitrogen and oxygen atoms in total. The summed E-state index contributed by atoms with van der Waals surface area (Å²) >= 11 is 6.30. The molecule has 0 fully saturated rings. The molecule has 0 atom stereocenters. The number of halogens is 1. The van der Waals surface area contributed by atoms with Gasteiger partial charge in [-0.3, -0.25) is 4.79 Å². The fourth-order valence-electron chi connectivity index (χ4n) is 2.59. The fraction of sp³-hybridized carbons (Fsp3) is 0.261. The molecular formula is C23H23ClN2O5. The summed E-state index contributed by atoms with van der Waals surface area (Å²) in [5, 5.41) is 12.4. The summed E-state index contributed by atoms with van der Waals surface area (Å²) in [7, 11) is 1.48. The van der Waals surface area contributed by atoms with E-state index in [4.69, 9.17) is 25.8 Å². The van der Waals surface area contributed by atoms with Crippen LogP contribution in [-0.2, 0) is 9.53 Å². The molecule has 0 saturated heterocycles. The van der Waals surface area contributed by atoms with Crippen LogP contribution in [0, 0.1) is 11.3 Å². The van der Waals surface area contributed by atoms with Crippen molar-refractivity contribution in [2.75, 3.05) is 19.0 Å². The Hall–Kier alpha value is -3.50. The number of amides is 1. The second kappa shape index (κ2) is 11.0. The minimum Gasteiger partial charge on any atom is -0.493 e. The van der Waals surface area contributed by atoms with Crippen molar-refractivity contribution in [1.29, 1.82) is 5.26 Å². The molecule has 0 spiro atoms. The van der Waals surface area contributed by atoms with Gasteiger partial charge in [-0.2, -0.15) is 5.26 Å². The van der Waals surface area contributed by atoms with Crippen LogP contribution in [0.2, 0.25) is 5.02 Å². The van der Waals surface area contributed by atoms with Crippen molar-refractivity contribution in [3.63, 3.8) is 0 Å². The van der Waals surface area contributed by atoms with Crippen molar-refractivity contribution >= 4 is 35.2 Å². The topological polar surface area (TPSA) is 97.7 Å². The van der Waals surface area contributed by atoms with Gasteiger partial charge in [-0.1, -0.05) is 11.6 Å². The monoisotopic (exact) mass is 442 g/mol. The molecule has 1 amide bonds. The predicted molar refractivity (Wildman–Crippen MR) is 118 cm³/mol. The molecule has 1 N–H and O–H groups in total. The maximum Gasteiger partial charge on any atom is 0.338 e. The third-order valence-electron chi connectivity index (χ3n) is 3.94. The molecule has 0 bridgehead atoms. The van der Waals surface area contributed by atoms with Gasteiger partial charge in [0, 0.05) is 5.69 Å². The number of ether oxygens (including phenoxy) is 3. The number of nitriles is 1. The molecule has 2 aromatic carbocycles. The van der Waals surface area contributed by atoms with E-state index in [1.54, 1.807) is 31.2 Å². The summed E-state index contributed by atoms with van der Waals surface area (Å²) in [6.45, 7) is 5.71. The van der Waals surface area contributed by atoms with Crippen molar-refractivity contribution < 1.29 is 23.8 Å². The number of esters is 1. The lowest BCUT2D eigenvalue weighted by Crippen LogP contribution is -2.13. The van der Waals surface area contributed by atoms with Gasteiger partial charge >= 0.3 is 5.97 Å². The van der Waals surface area contributed by atoms with Crippen LogP contribution in [0.4, 0.5) is 5.69 Å². The van der Waals surface area contributed by atoms with Gasteiger partial charge in [0.2, 0.25) is 0 Å². The Balaban J connectivity index is 2.23. The van der Waals surface area contributed by atoms with Crippen LogP contribution in [-0.4, -0.2) is 31.7 Å². The summed E-state index contributed by atoms with van der Waals surface area (Å²) in [6.07, 6.45) is 1.29. The summed E-state index contributed by atoms with van der Waals surface area (Å²) in [4.78, 5) is 24.2. The van der Waals surface area contributed by atoms with Crippen LogP contribution in [0.3, 0.4) is 0 Å². The third-order valence-corrected chi connectivity index (χ3v) is 4.22. The van der Waals surface area contributed by atoms with E-state index in [1.165, 1.54) is 25.3 Å². The zero-order chi connectivity index (χ0) is 23.0. The third kappa shape index (κ3) is 6.49. The first-order valence-corrected chi connectivity index (χ1v) is 9.91. The Morgan fingerprint density at radius 3 is 2.45 bits per heavy atom. The van der Waals surface area contributed by atoms with E-state index in [9.17, 15) is 14.9 Å². The number of carbonyl (C=O) groups is 2. The van der Waals surface area contributed by atoms with Crippen LogP contribution >= 0.6 is 11.6 Å². The summed E-state index contributed by atoms with van der Waals surface area (Å²) in [5.74, 6) is -0.279. The number of hydrogen-bond donors (Lipinski definition) is 1. The van der Waals surface area contributed by atoms with Crippen LogP contribution in [0.25, 0.3) is 6.08 Å². The Bertz CT molecular complexity index is 1020. The number of hydrogen-bond acceptors (Lipinski definition) is 6.